The molecule has 0 spiro atoms. The van der Waals surface area contributed by atoms with Crippen LogP contribution in [0.2, 0.25) is 0 Å². The molecular weight excluding hydrogens is 318 g/mol. The number of anilines is 1. The van der Waals surface area contributed by atoms with E-state index in [0.29, 0.717) is 5.75 Å². The topological polar surface area (TPSA) is 38.3 Å². The summed E-state index contributed by atoms with van der Waals surface area (Å²) in [5.74, 6) is 0.640. The van der Waals surface area contributed by atoms with E-state index in [1.165, 1.54) is 0 Å². The highest BCUT2D eigenvalue weighted by Crippen LogP contribution is 2.32. The number of hydrogen-bond acceptors (Lipinski definition) is 3. The standard InChI is InChI=1S/C20H25NO2S/c1-14(24-16-9-7-6-8-10-16)19(22)21-17-13-15(20(2,3)4)11-12-18(17)23-5/h6-14H,1-5H3,(H,21,22)/t14-/m0/s1. The fourth-order valence-corrected chi connectivity index (χ4v) is 3.15. The summed E-state index contributed by atoms with van der Waals surface area (Å²) in [5, 5.41) is 2.81. The molecule has 0 aromatic heterocycles. The second-order valence-electron chi connectivity index (χ2n) is 6.73. The van der Waals surface area contributed by atoms with E-state index in [0.717, 1.165) is 16.1 Å². The molecule has 0 unspecified atom stereocenters. The molecule has 2 rings (SSSR count). The summed E-state index contributed by atoms with van der Waals surface area (Å²) >= 11 is 1.54. The van der Waals surface area contributed by atoms with Gasteiger partial charge in [0.1, 0.15) is 5.75 Å². The lowest BCUT2D eigenvalue weighted by atomic mass is 9.87. The smallest absolute Gasteiger partial charge is 0.237 e. The third-order valence-corrected chi connectivity index (χ3v) is 4.86. The zero-order chi connectivity index (χ0) is 17.7. The Morgan fingerprint density at radius 2 is 1.79 bits per heavy atom. The van der Waals surface area contributed by atoms with Gasteiger partial charge in [-0.25, -0.2) is 0 Å². The fraction of sp³-hybridized carbons (Fsp3) is 0.350. The van der Waals surface area contributed by atoms with Gasteiger partial charge in [-0.05, 0) is 42.2 Å². The van der Waals surface area contributed by atoms with Crippen LogP contribution in [-0.2, 0) is 10.2 Å². The van der Waals surface area contributed by atoms with Gasteiger partial charge in [-0.3, -0.25) is 4.79 Å². The molecule has 128 valence electrons. The van der Waals surface area contributed by atoms with Gasteiger partial charge in [0.25, 0.3) is 0 Å². The molecule has 0 aliphatic carbocycles. The van der Waals surface area contributed by atoms with Crippen LogP contribution in [-0.4, -0.2) is 18.3 Å². The molecule has 1 atom stereocenters. The SMILES string of the molecule is COc1ccc(C(C)(C)C)cc1NC(=O)[C@H](C)Sc1ccccc1. The van der Waals surface area contributed by atoms with E-state index in [1.807, 2.05) is 55.5 Å². The molecule has 0 aliphatic rings. The number of amides is 1. The number of ether oxygens (including phenoxy) is 1. The number of benzene rings is 2. The average molecular weight is 343 g/mol. The van der Waals surface area contributed by atoms with Crippen molar-refractivity contribution in [3.63, 3.8) is 0 Å². The lowest BCUT2D eigenvalue weighted by molar-refractivity contribution is -0.115. The number of thioether (sulfide) groups is 1. The van der Waals surface area contributed by atoms with Crippen LogP contribution in [0.25, 0.3) is 0 Å². The maximum absolute atomic E-state index is 12.6. The predicted molar refractivity (Wildman–Crippen MR) is 102 cm³/mol. The quantitative estimate of drug-likeness (QED) is 0.767. The Kier molecular flexibility index (Phi) is 5.94. The first-order valence-corrected chi connectivity index (χ1v) is 8.90. The summed E-state index contributed by atoms with van der Waals surface area (Å²) in [4.78, 5) is 13.6. The van der Waals surface area contributed by atoms with Crippen molar-refractivity contribution in [2.24, 2.45) is 0 Å². The van der Waals surface area contributed by atoms with E-state index in [4.69, 9.17) is 4.74 Å². The molecule has 2 aromatic rings. The highest BCUT2D eigenvalue weighted by Gasteiger charge is 2.19. The molecule has 24 heavy (non-hydrogen) atoms. The Morgan fingerprint density at radius 1 is 1.12 bits per heavy atom. The molecule has 1 N–H and O–H groups in total. The fourth-order valence-electron chi connectivity index (χ4n) is 2.26. The molecule has 2 aromatic carbocycles. The summed E-state index contributed by atoms with van der Waals surface area (Å²) < 4.78 is 5.39. The van der Waals surface area contributed by atoms with Crippen LogP contribution in [0.15, 0.2) is 53.4 Å². The minimum absolute atomic E-state index is 0.0101. The van der Waals surface area contributed by atoms with Gasteiger partial charge in [-0.2, -0.15) is 0 Å². The Balaban J connectivity index is 2.15. The lowest BCUT2D eigenvalue weighted by Crippen LogP contribution is -2.23. The predicted octanol–water partition coefficient (Wildman–Crippen LogP) is 5.11. The van der Waals surface area contributed by atoms with Crippen LogP contribution < -0.4 is 10.1 Å². The van der Waals surface area contributed by atoms with Gasteiger partial charge < -0.3 is 10.1 Å². The van der Waals surface area contributed by atoms with Gasteiger partial charge in [0.2, 0.25) is 5.91 Å². The third-order valence-electron chi connectivity index (χ3n) is 3.75. The van der Waals surface area contributed by atoms with Gasteiger partial charge in [-0.1, -0.05) is 45.0 Å². The number of hydrogen-bond donors (Lipinski definition) is 1. The number of rotatable bonds is 5. The lowest BCUT2D eigenvalue weighted by Gasteiger charge is -2.22. The van der Waals surface area contributed by atoms with Crippen LogP contribution in [0.5, 0.6) is 5.75 Å². The molecule has 0 saturated heterocycles. The van der Waals surface area contributed by atoms with Crippen molar-refractivity contribution in [2.75, 3.05) is 12.4 Å². The molecule has 1 amide bonds. The monoisotopic (exact) mass is 343 g/mol. The summed E-state index contributed by atoms with van der Waals surface area (Å²) in [6.07, 6.45) is 0. The van der Waals surface area contributed by atoms with Crippen LogP contribution in [0, 0.1) is 0 Å². The van der Waals surface area contributed by atoms with Crippen molar-refractivity contribution in [3.05, 3.63) is 54.1 Å². The van der Waals surface area contributed by atoms with Crippen LogP contribution in [0.4, 0.5) is 5.69 Å². The van der Waals surface area contributed by atoms with Crippen molar-refractivity contribution < 1.29 is 9.53 Å². The van der Waals surface area contributed by atoms with Crippen LogP contribution in [0.3, 0.4) is 0 Å². The molecule has 3 nitrogen and oxygen atoms in total. The van der Waals surface area contributed by atoms with Crippen molar-refractivity contribution in [3.8, 4) is 5.75 Å². The first kappa shape index (κ1) is 18.4. The maximum Gasteiger partial charge on any atom is 0.237 e. The summed E-state index contributed by atoms with van der Waals surface area (Å²) in [6.45, 7) is 8.35. The van der Waals surface area contributed by atoms with E-state index >= 15 is 0 Å². The zero-order valence-corrected chi connectivity index (χ0v) is 15.7. The molecule has 0 heterocycles. The normalized spacial score (nSPS) is 12.5. The number of carbonyl (C=O) groups is 1. The van der Waals surface area contributed by atoms with Gasteiger partial charge >= 0.3 is 0 Å². The van der Waals surface area contributed by atoms with E-state index < -0.39 is 0 Å². The van der Waals surface area contributed by atoms with Gasteiger partial charge in [0.15, 0.2) is 0 Å². The van der Waals surface area contributed by atoms with Gasteiger partial charge in [0.05, 0.1) is 18.0 Å². The molecular formula is C20H25NO2S. The molecule has 4 heteroatoms. The molecule has 0 radical (unpaired) electrons. The van der Waals surface area contributed by atoms with Gasteiger partial charge in [0, 0.05) is 4.90 Å². The van der Waals surface area contributed by atoms with Crippen molar-refractivity contribution in [1.29, 1.82) is 0 Å². The van der Waals surface area contributed by atoms with Crippen molar-refractivity contribution >= 4 is 23.4 Å². The van der Waals surface area contributed by atoms with E-state index in [2.05, 4.69) is 26.1 Å². The van der Waals surface area contributed by atoms with E-state index in [-0.39, 0.29) is 16.6 Å². The molecule has 0 bridgehead atoms. The second kappa shape index (κ2) is 7.75. The molecule has 0 aliphatic heterocycles. The summed E-state index contributed by atoms with van der Waals surface area (Å²) in [7, 11) is 1.61. The largest absolute Gasteiger partial charge is 0.495 e. The third kappa shape index (κ3) is 4.78. The van der Waals surface area contributed by atoms with Gasteiger partial charge in [-0.15, -0.1) is 11.8 Å². The van der Waals surface area contributed by atoms with Crippen molar-refractivity contribution in [2.45, 2.75) is 43.3 Å². The molecule has 0 saturated carbocycles. The Labute approximate surface area is 148 Å². The summed E-state index contributed by atoms with van der Waals surface area (Å²) in [6, 6.07) is 15.9. The van der Waals surface area contributed by atoms with E-state index in [9.17, 15) is 4.79 Å². The number of nitrogens with one attached hydrogen (secondary N) is 1. The first-order valence-electron chi connectivity index (χ1n) is 8.02. The number of carbonyl (C=O) groups excluding carboxylic acids is 1. The van der Waals surface area contributed by atoms with E-state index in [1.54, 1.807) is 18.9 Å². The molecule has 0 fully saturated rings. The number of methoxy groups -OCH3 is 1. The van der Waals surface area contributed by atoms with Crippen molar-refractivity contribution in [1.82, 2.24) is 0 Å². The minimum atomic E-state index is -0.199. The highest BCUT2D eigenvalue weighted by molar-refractivity contribution is 8.00. The highest BCUT2D eigenvalue weighted by atomic mass is 32.2. The Bertz CT molecular complexity index is 693. The Morgan fingerprint density at radius 3 is 2.38 bits per heavy atom. The summed E-state index contributed by atoms with van der Waals surface area (Å²) in [5.41, 5.74) is 1.88. The van der Waals surface area contributed by atoms with Crippen LogP contribution in [0.1, 0.15) is 33.3 Å². The van der Waals surface area contributed by atoms with Crippen LogP contribution >= 0.6 is 11.8 Å². The first-order chi connectivity index (χ1) is 11.3. The second-order valence-corrected chi connectivity index (χ2v) is 8.14. The Hall–Kier alpha value is -1.94. The zero-order valence-electron chi connectivity index (χ0n) is 14.9. The average Bonchev–Trinajstić information content (AvgIpc) is 2.54. The maximum atomic E-state index is 12.6. The minimum Gasteiger partial charge on any atom is -0.495 e.